The van der Waals surface area contributed by atoms with Crippen molar-refractivity contribution >= 4 is 23.2 Å². The second kappa shape index (κ2) is 7.62. The predicted molar refractivity (Wildman–Crippen MR) is 85.0 cm³/mol. The van der Waals surface area contributed by atoms with Gasteiger partial charge in [0.15, 0.2) is 0 Å². The van der Waals surface area contributed by atoms with E-state index in [0.29, 0.717) is 16.0 Å². The summed E-state index contributed by atoms with van der Waals surface area (Å²) >= 11 is 12.2. The molecule has 1 saturated heterocycles. The van der Waals surface area contributed by atoms with Crippen LogP contribution in [0.1, 0.15) is 17.9 Å². The zero-order valence-electron chi connectivity index (χ0n) is 12.0. The quantitative estimate of drug-likeness (QED) is 0.903. The van der Waals surface area contributed by atoms with E-state index in [1.807, 2.05) is 12.1 Å². The second-order valence-corrected chi connectivity index (χ2v) is 6.30. The van der Waals surface area contributed by atoms with E-state index >= 15 is 0 Å². The smallest absolute Gasteiger partial charge is 0.0768 e. The van der Waals surface area contributed by atoms with Crippen molar-refractivity contribution in [1.82, 2.24) is 10.2 Å². The van der Waals surface area contributed by atoms with Crippen molar-refractivity contribution in [1.29, 1.82) is 0 Å². The minimum Gasteiger partial charge on any atom is -0.375 e. The fourth-order valence-corrected chi connectivity index (χ4v) is 2.86. The largest absolute Gasteiger partial charge is 0.375 e. The summed E-state index contributed by atoms with van der Waals surface area (Å²) in [5.74, 6) is 0.333. The standard InChI is InChI=1S/C15H22Cl2N2O/c1-19(2)7-5-12(15-10-18-6-8-20-15)11-3-4-13(16)14(17)9-11/h3-4,9,12,15,18H,5-8,10H2,1-2H3. The van der Waals surface area contributed by atoms with Crippen molar-refractivity contribution in [3.63, 3.8) is 0 Å². The molecule has 2 rings (SSSR count). The van der Waals surface area contributed by atoms with Crippen molar-refractivity contribution in [2.75, 3.05) is 40.3 Å². The van der Waals surface area contributed by atoms with Crippen LogP contribution in [0, 0.1) is 0 Å². The molecule has 0 bridgehead atoms. The summed E-state index contributed by atoms with van der Waals surface area (Å²) in [6.07, 6.45) is 1.23. The maximum Gasteiger partial charge on any atom is 0.0768 e. The Hall–Kier alpha value is -0.320. The van der Waals surface area contributed by atoms with Crippen LogP contribution in [0.15, 0.2) is 18.2 Å². The highest BCUT2D eigenvalue weighted by molar-refractivity contribution is 6.42. The fourth-order valence-electron chi connectivity index (χ4n) is 2.55. The summed E-state index contributed by atoms with van der Waals surface area (Å²) in [6.45, 7) is 3.60. The van der Waals surface area contributed by atoms with Crippen molar-refractivity contribution in [3.8, 4) is 0 Å². The molecular formula is C15H22Cl2N2O. The Morgan fingerprint density at radius 1 is 1.35 bits per heavy atom. The number of morpholine rings is 1. The van der Waals surface area contributed by atoms with Crippen LogP contribution in [0.5, 0.6) is 0 Å². The zero-order valence-corrected chi connectivity index (χ0v) is 13.5. The Balaban J connectivity index is 2.17. The molecule has 112 valence electrons. The predicted octanol–water partition coefficient (Wildman–Crippen LogP) is 3.02. The van der Waals surface area contributed by atoms with Crippen molar-refractivity contribution in [2.45, 2.75) is 18.4 Å². The molecule has 0 radical (unpaired) electrons. The highest BCUT2D eigenvalue weighted by atomic mass is 35.5. The van der Waals surface area contributed by atoms with Gasteiger partial charge in [-0.1, -0.05) is 29.3 Å². The molecule has 20 heavy (non-hydrogen) atoms. The van der Waals surface area contributed by atoms with Gasteiger partial charge in [-0.3, -0.25) is 0 Å². The van der Waals surface area contributed by atoms with Gasteiger partial charge in [-0.15, -0.1) is 0 Å². The van der Waals surface area contributed by atoms with Crippen molar-refractivity contribution in [2.24, 2.45) is 0 Å². The molecule has 1 heterocycles. The molecule has 0 aromatic heterocycles. The third-order valence-corrected chi connectivity index (χ3v) is 4.40. The molecule has 2 atom stereocenters. The van der Waals surface area contributed by atoms with E-state index in [1.165, 1.54) is 5.56 Å². The van der Waals surface area contributed by atoms with Crippen LogP contribution in [0.3, 0.4) is 0 Å². The topological polar surface area (TPSA) is 24.5 Å². The first-order chi connectivity index (χ1) is 9.58. The van der Waals surface area contributed by atoms with Gasteiger partial charge in [0.25, 0.3) is 0 Å². The minimum absolute atomic E-state index is 0.195. The lowest BCUT2D eigenvalue weighted by atomic mass is 9.89. The van der Waals surface area contributed by atoms with Gasteiger partial charge in [-0.05, 0) is 44.8 Å². The Bertz CT molecular complexity index is 434. The van der Waals surface area contributed by atoms with Crippen molar-refractivity contribution in [3.05, 3.63) is 33.8 Å². The first-order valence-electron chi connectivity index (χ1n) is 7.00. The molecule has 0 spiro atoms. The number of hydrogen-bond acceptors (Lipinski definition) is 3. The molecule has 1 aliphatic rings. The highest BCUT2D eigenvalue weighted by Crippen LogP contribution is 2.31. The fraction of sp³-hybridized carbons (Fsp3) is 0.600. The maximum atomic E-state index is 6.16. The molecule has 1 aromatic carbocycles. The molecular weight excluding hydrogens is 295 g/mol. The van der Waals surface area contributed by atoms with Gasteiger partial charge in [-0.25, -0.2) is 0 Å². The average molecular weight is 317 g/mol. The molecule has 2 unspecified atom stereocenters. The zero-order chi connectivity index (χ0) is 14.5. The average Bonchev–Trinajstić information content (AvgIpc) is 2.44. The summed E-state index contributed by atoms with van der Waals surface area (Å²) < 4.78 is 5.94. The van der Waals surface area contributed by atoms with Gasteiger partial charge >= 0.3 is 0 Å². The Kier molecular flexibility index (Phi) is 6.12. The summed E-state index contributed by atoms with van der Waals surface area (Å²) in [7, 11) is 4.18. The Labute approximate surface area is 131 Å². The summed E-state index contributed by atoms with van der Waals surface area (Å²) in [5.41, 5.74) is 1.20. The summed E-state index contributed by atoms with van der Waals surface area (Å²) in [6, 6.07) is 5.91. The highest BCUT2D eigenvalue weighted by Gasteiger charge is 2.26. The van der Waals surface area contributed by atoms with E-state index in [0.717, 1.165) is 32.7 Å². The van der Waals surface area contributed by atoms with E-state index in [4.69, 9.17) is 27.9 Å². The van der Waals surface area contributed by atoms with Crippen LogP contribution in [0.25, 0.3) is 0 Å². The van der Waals surface area contributed by atoms with E-state index in [9.17, 15) is 0 Å². The van der Waals surface area contributed by atoms with Gasteiger partial charge in [0.2, 0.25) is 0 Å². The number of ether oxygens (including phenoxy) is 1. The number of nitrogens with one attached hydrogen (secondary N) is 1. The van der Waals surface area contributed by atoms with Crippen molar-refractivity contribution < 1.29 is 4.74 Å². The molecule has 5 heteroatoms. The van der Waals surface area contributed by atoms with Crippen LogP contribution in [0.2, 0.25) is 10.0 Å². The van der Waals surface area contributed by atoms with E-state index < -0.39 is 0 Å². The van der Waals surface area contributed by atoms with E-state index in [2.05, 4.69) is 30.4 Å². The molecule has 3 nitrogen and oxygen atoms in total. The molecule has 1 aliphatic heterocycles. The van der Waals surface area contributed by atoms with Crippen LogP contribution in [-0.4, -0.2) is 51.3 Å². The van der Waals surface area contributed by atoms with Crippen LogP contribution >= 0.6 is 23.2 Å². The van der Waals surface area contributed by atoms with Crippen LogP contribution in [-0.2, 0) is 4.74 Å². The number of rotatable bonds is 5. The number of hydrogen-bond donors (Lipinski definition) is 1. The third kappa shape index (κ3) is 4.34. The Morgan fingerprint density at radius 2 is 2.15 bits per heavy atom. The molecule has 0 amide bonds. The lowest BCUT2D eigenvalue weighted by Gasteiger charge is -2.32. The van der Waals surface area contributed by atoms with E-state index in [-0.39, 0.29) is 6.10 Å². The Morgan fingerprint density at radius 3 is 2.75 bits per heavy atom. The molecule has 1 N–H and O–H groups in total. The van der Waals surface area contributed by atoms with Gasteiger partial charge in [0.05, 0.1) is 22.8 Å². The lowest BCUT2D eigenvalue weighted by Crippen LogP contribution is -2.42. The minimum atomic E-state index is 0.195. The van der Waals surface area contributed by atoms with E-state index in [1.54, 1.807) is 0 Å². The first kappa shape index (κ1) is 16.1. The molecule has 1 fully saturated rings. The third-order valence-electron chi connectivity index (χ3n) is 3.66. The molecule has 1 aromatic rings. The monoisotopic (exact) mass is 316 g/mol. The number of benzene rings is 1. The SMILES string of the molecule is CN(C)CCC(c1ccc(Cl)c(Cl)c1)C1CNCCO1. The normalized spacial score (nSPS) is 21.1. The summed E-state index contributed by atoms with van der Waals surface area (Å²) in [5, 5.41) is 4.62. The lowest BCUT2D eigenvalue weighted by molar-refractivity contribution is 0.00811. The van der Waals surface area contributed by atoms with Gasteiger partial charge in [0, 0.05) is 19.0 Å². The van der Waals surface area contributed by atoms with Crippen LogP contribution in [0.4, 0.5) is 0 Å². The second-order valence-electron chi connectivity index (χ2n) is 5.49. The molecule has 0 saturated carbocycles. The number of nitrogens with zero attached hydrogens (tertiary/aromatic N) is 1. The summed E-state index contributed by atoms with van der Waals surface area (Å²) in [4.78, 5) is 2.20. The van der Waals surface area contributed by atoms with Gasteiger partial charge in [0.1, 0.15) is 0 Å². The van der Waals surface area contributed by atoms with Gasteiger partial charge in [-0.2, -0.15) is 0 Å². The van der Waals surface area contributed by atoms with Crippen LogP contribution < -0.4 is 5.32 Å². The molecule has 0 aliphatic carbocycles. The first-order valence-corrected chi connectivity index (χ1v) is 7.75. The number of halogens is 2. The van der Waals surface area contributed by atoms with Gasteiger partial charge < -0.3 is 15.0 Å². The maximum absolute atomic E-state index is 6.16.